The fourth-order valence-electron chi connectivity index (χ4n) is 2.12. The number of rotatable bonds is 4. The predicted molar refractivity (Wildman–Crippen MR) is 90.4 cm³/mol. The van der Waals surface area contributed by atoms with Crippen molar-refractivity contribution in [2.45, 2.75) is 37.2 Å². The molecule has 1 aromatic rings. The molecule has 1 fully saturated rings. The van der Waals surface area contributed by atoms with E-state index in [9.17, 15) is 0 Å². The molecular formula is C13H20BrN3S2. The van der Waals surface area contributed by atoms with Gasteiger partial charge in [0.05, 0.1) is 15.4 Å². The van der Waals surface area contributed by atoms with Crippen LogP contribution in [-0.2, 0) is 6.42 Å². The van der Waals surface area contributed by atoms with Crippen molar-refractivity contribution in [1.29, 1.82) is 0 Å². The van der Waals surface area contributed by atoms with Crippen molar-refractivity contribution in [3.8, 4) is 0 Å². The summed E-state index contributed by atoms with van der Waals surface area (Å²) >= 11 is 7.63. The van der Waals surface area contributed by atoms with E-state index in [2.05, 4.69) is 35.1 Å². The van der Waals surface area contributed by atoms with E-state index in [0.717, 1.165) is 34.7 Å². The summed E-state index contributed by atoms with van der Waals surface area (Å²) in [4.78, 5) is 9.52. The Morgan fingerprint density at radius 3 is 2.68 bits per heavy atom. The second kappa shape index (κ2) is 7.18. The number of hydrogen-bond acceptors (Lipinski definition) is 5. The molecule has 106 valence electrons. The molecule has 0 saturated carbocycles. The predicted octanol–water partition coefficient (Wildman–Crippen LogP) is 4.14. The number of thioether (sulfide) groups is 2. The lowest BCUT2D eigenvalue weighted by atomic mass is 10.2. The number of nitrogens with one attached hydrogen (secondary N) is 1. The van der Waals surface area contributed by atoms with E-state index >= 15 is 0 Å². The zero-order valence-corrected chi connectivity index (χ0v) is 14.8. The molecule has 0 aromatic carbocycles. The van der Waals surface area contributed by atoms with Crippen LogP contribution in [0.4, 0.5) is 5.82 Å². The first-order chi connectivity index (χ1) is 9.17. The first-order valence-electron chi connectivity index (χ1n) is 6.64. The maximum absolute atomic E-state index is 4.81. The van der Waals surface area contributed by atoms with Gasteiger partial charge in [0.15, 0.2) is 0 Å². The van der Waals surface area contributed by atoms with Gasteiger partial charge < -0.3 is 5.32 Å². The Morgan fingerprint density at radius 2 is 2.05 bits per heavy atom. The molecule has 0 radical (unpaired) electrons. The molecule has 0 aliphatic carbocycles. The number of aryl methyl sites for hydroxylation is 1. The van der Waals surface area contributed by atoms with E-state index < -0.39 is 0 Å². The first kappa shape index (κ1) is 15.4. The Bertz CT molecular complexity index is 442. The number of halogens is 1. The van der Waals surface area contributed by atoms with Gasteiger partial charge in [0.25, 0.3) is 0 Å². The smallest absolute Gasteiger partial charge is 0.145 e. The van der Waals surface area contributed by atoms with Crippen molar-refractivity contribution in [2.24, 2.45) is 0 Å². The van der Waals surface area contributed by atoms with Gasteiger partial charge in [-0.05, 0) is 22.4 Å². The Hall–Kier alpha value is 0.0600. The van der Waals surface area contributed by atoms with Crippen molar-refractivity contribution in [2.75, 3.05) is 23.9 Å². The van der Waals surface area contributed by atoms with Gasteiger partial charge in [-0.3, -0.25) is 0 Å². The summed E-state index contributed by atoms with van der Waals surface area (Å²) in [5.41, 5.74) is 1.13. The third kappa shape index (κ3) is 3.58. The lowest BCUT2D eigenvalue weighted by Gasteiger charge is -2.27. The standard InChI is InChI=1S/C13H20BrN3S2/c1-4-5-9-10(14)12(15-3)17-13(16-9)11-8(2)18-6-7-19-11/h8,11H,4-7H2,1-3H3,(H,15,16,17). The van der Waals surface area contributed by atoms with Gasteiger partial charge in [0.2, 0.25) is 0 Å². The van der Waals surface area contributed by atoms with Crippen LogP contribution in [0.25, 0.3) is 0 Å². The molecule has 3 nitrogen and oxygen atoms in total. The third-order valence-corrected chi connectivity index (χ3v) is 7.02. The molecule has 2 heterocycles. The number of hydrogen-bond donors (Lipinski definition) is 1. The Balaban J connectivity index is 2.36. The molecule has 1 N–H and O–H groups in total. The maximum Gasteiger partial charge on any atom is 0.145 e. The molecule has 1 aliphatic heterocycles. The summed E-state index contributed by atoms with van der Waals surface area (Å²) in [7, 11) is 1.92. The third-order valence-electron chi connectivity index (χ3n) is 3.10. The van der Waals surface area contributed by atoms with Crippen LogP contribution in [0.3, 0.4) is 0 Å². The van der Waals surface area contributed by atoms with Gasteiger partial charge in [0.1, 0.15) is 11.6 Å². The highest BCUT2D eigenvalue weighted by Gasteiger charge is 2.27. The minimum absolute atomic E-state index is 0.412. The molecule has 1 aromatic heterocycles. The fourth-order valence-corrected chi connectivity index (χ4v) is 5.39. The second-order valence-electron chi connectivity index (χ2n) is 4.56. The van der Waals surface area contributed by atoms with E-state index in [0.29, 0.717) is 10.5 Å². The Kier molecular flexibility index (Phi) is 5.84. The van der Waals surface area contributed by atoms with Gasteiger partial charge in [-0.25, -0.2) is 9.97 Å². The zero-order valence-electron chi connectivity index (χ0n) is 11.6. The van der Waals surface area contributed by atoms with Crippen LogP contribution in [0.1, 0.15) is 37.0 Å². The molecule has 2 unspecified atom stereocenters. The Labute approximate surface area is 132 Å². The van der Waals surface area contributed by atoms with Gasteiger partial charge in [-0.2, -0.15) is 11.8 Å². The fraction of sp³-hybridized carbons (Fsp3) is 0.692. The van der Waals surface area contributed by atoms with Crippen LogP contribution in [0, 0.1) is 0 Å². The number of aromatic nitrogens is 2. The molecule has 1 saturated heterocycles. The summed E-state index contributed by atoms with van der Waals surface area (Å²) in [6.07, 6.45) is 2.09. The largest absolute Gasteiger partial charge is 0.372 e. The normalized spacial score (nSPS) is 23.4. The van der Waals surface area contributed by atoms with Crippen molar-refractivity contribution in [3.05, 3.63) is 16.0 Å². The van der Waals surface area contributed by atoms with Crippen molar-refractivity contribution in [3.63, 3.8) is 0 Å². The molecule has 2 rings (SSSR count). The van der Waals surface area contributed by atoms with Crippen LogP contribution in [0.5, 0.6) is 0 Å². The highest BCUT2D eigenvalue weighted by atomic mass is 79.9. The van der Waals surface area contributed by atoms with Crippen LogP contribution >= 0.6 is 39.5 Å². The minimum atomic E-state index is 0.412. The van der Waals surface area contributed by atoms with E-state index in [1.807, 2.05) is 30.6 Å². The molecule has 2 atom stereocenters. The zero-order chi connectivity index (χ0) is 13.8. The Morgan fingerprint density at radius 1 is 1.32 bits per heavy atom. The molecule has 0 amide bonds. The monoisotopic (exact) mass is 361 g/mol. The highest BCUT2D eigenvalue weighted by Crippen LogP contribution is 2.42. The molecular weight excluding hydrogens is 342 g/mol. The van der Waals surface area contributed by atoms with Crippen LogP contribution in [0.15, 0.2) is 4.47 Å². The van der Waals surface area contributed by atoms with Crippen molar-refractivity contribution in [1.82, 2.24) is 9.97 Å². The lowest BCUT2D eigenvalue weighted by Crippen LogP contribution is -2.19. The average molecular weight is 362 g/mol. The number of nitrogens with zero attached hydrogens (tertiary/aromatic N) is 2. The van der Waals surface area contributed by atoms with E-state index in [4.69, 9.17) is 9.97 Å². The highest BCUT2D eigenvalue weighted by molar-refractivity contribution is 9.10. The topological polar surface area (TPSA) is 37.8 Å². The molecule has 0 bridgehead atoms. The molecule has 0 spiro atoms. The molecule has 6 heteroatoms. The van der Waals surface area contributed by atoms with Crippen LogP contribution < -0.4 is 5.32 Å². The summed E-state index contributed by atoms with van der Waals surface area (Å²) in [5.74, 6) is 4.33. The van der Waals surface area contributed by atoms with Crippen LogP contribution in [-0.4, -0.2) is 33.8 Å². The summed E-state index contributed by atoms with van der Waals surface area (Å²) < 4.78 is 1.02. The van der Waals surface area contributed by atoms with Gasteiger partial charge >= 0.3 is 0 Å². The van der Waals surface area contributed by atoms with E-state index in [1.165, 1.54) is 11.5 Å². The lowest BCUT2D eigenvalue weighted by molar-refractivity contribution is 0.783. The quantitative estimate of drug-likeness (QED) is 0.871. The molecule has 1 aliphatic rings. The summed E-state index contributed by atoms with van der Waals surface area (Å²) in [6.45, 7) is 4.46. The summed E-state index contributed by atoms with van der Waals surface area (Å²) in [6, 6.07) is 0. The second-order valence-corrected chi connectivity index (χ2v) is 8.09. The van der Waals surface area contributed by atoms with Crippen molar-refractivity contribution >= 4 is 45.3 Å². The SMILES string of the molecule is CCCc1nc(C2SCCSC2C)nc(NC)c1Br. The average Bonchev–Trinajstić information content (AvgIpc) is 2.42. The number of anilines is 1. The van der Waals surface area contributed by atoms with E-state index in [-0.39, 0.29) is 0 Å². The molecule has 19 heavy (non-hydrogen) atoms. The van der Waals surface area contributed by atoms with E-state index in [1.54, 1.807) is 0 Å². The van der Waals surface area contributed by atoms with Gasteiger partial charge in [-0.15, -0.1) is 11.8 Å². The van der Waals surface area contributed by atoms with Gasteiger partial charge in [-0.1, -0.05) is 20.3 Å². The first-order valence-corrected chi connectivity index (χ1v) is 9.53. The minimum Gasteiger partial charge on any atom is -0.372 e. The van der Waals surface area contributed by atoms with Crippen LogP contribution in [0.2, 0.25) is 0 Å². The summed E-state index contributed by atoms with van der Waals surface area (Å²) in [5, 5.41) is 4.17. The maximum atomic E-state index is 4.81. The van der Waals surface area contributed by atoms with Crippen molar-refractivity contribution < 1.29 is 0 Å². The van der Waals surface area contributed by atoms with Gasteiger partial charge in [0, 0.05) is 23.8 Å².